The first-order valence-corrected chi connectivity index (χ1v) is 7.80. The Hall–Kier alpha value is -0.900. The lowest BCUT2D eigenvalue weighted by Gasteiger charge is -2.21. The lowest BCUT2D eigenvalue weighted by molar-refractivity contribution is 0.344. The van der Waals surface area contributed by atoms with E-state index in [9.17, 15) is 0 Å². The van der Waals surface area contributed by atoms with Gasteiger partial charge in [0, 0.05) is 19.0 Å². The molecule has 108 valence electrons. The topological polar surface area (TPSA) is 42.7 Å². The van der Waals surface area contributed by atoms with E-state index in [0.29, 0.717) is 6.04 Å². The monoisotopic (exact) mass is 264 g/mol. The third-order valence-corrected chi connectivity index (χ3v) is 4.18. The first kappa shape index (κ1) is 14.5. The maximum Gasteiger partial charge on any atom is 0.138 e. The molecule has 0 saturated heterocycles. The van der Waals surface area contributed by atoms with Crippen LogP contribution in [0.5, 0.6) is 0 Å². The normalized spacial score (nSPS) is 23.4. The van der Waals surface area contributed by atoms with Crippen molar-refractivity contribution in [2.45, 2.75) is 65.5 Å². The maximum atomic E-state index is 4.46. The van der Waals surface area contributed by atoms with Gasteiger partial charge in [0.1, 0.15) is 12.2 Å². The number of nitrogens with one attached hydrogen (secondary N) is 1. The summed E-state index contributed by atoms with van der Waals surface area (Å²) in [7, 11) is 0. The summed E-state index contributed by atoms with van der Waals surface area (Å²) in [6.07, 6.45) is 8.03. The van der Waals surface area contributed by atoms with Crippen LogP contribution in [0.25, 0.3) is 0 Å². The standard InChI is InChI=1S/C15H28N4/c1-4-8-19-15(17-11-18-19)9-13-6-5-7-14(13)10-16-12(2)3/h11-14,16H,4-10H2,1-3H3. The molecular formula is C15H28N4. The van der Waals surface area contributed by atoms with Crippen LogP contribution >= 0.6 is 0 Å². The zero-order valence-electron chi connectivity index (χ0n) is 12.6. The fourth-order valence-electron chi connectivity index (χ4n) is 3.12. The van der Waals surface area contributed by atoms with Crippen molar-refractivity contribution in [1.82, 2.24) is 20.1 Å². The van der Waals surface area contributed by atoms with E-state index in [4.69, 9.17) is 0 Å². The lowest BCUT2D eigenvalue weighted by atomic mass is 9.92. The number of hydrogen-bond acceptors (Lipinski definition) is 3. The predicted molar refractivity (Wildman–Crippen MR) is 78.0 cm³/mol. The number of rotatable bonds is 7. The van der Waals surface area contributed by atoms with Gasteiger partial charge in [-0.3, -0.25) is 4.68 Å². The summed E-state index contributed by atoms with van der Waals surface area (Å²) in [5.41, 5.74) is 0. The third-order valence-electron chi connectivity index (χ3n) is 4.18. The molecule has 1 fully saturated rings. The molecule has 19 heavy (non-hydrogen) atoms. The van der Waals surface area contributed by atoms with Crippen LogP contribution in [0.1, 0.15) is 52.3 Å². The highest BCUT2D eigenvalue weighted by atomic mass is 15.3. The van der Waals surface area contributed by atoms with Gasteiger partial charge in [0.15, 0.2) is 0 Å². The molecule has 1 N–H and O–H groups in total. The van der Waals surface area contributed by atoms with Gasteiger partial charge in [-0.2, -0.15) is 5.10 Å². The molecule has 1 aromatic heterocycles. The molecule has 4 nitrogen and oxygen atoms in total. The third kappa shape index (κ3) is 4.03. The average molecular weight is 264 g/mol. The predicted octanol–water partition coefficient (Wildman–Crippen LogP) is 2.64. The van der Waals surface area contributed by atoms with E-state index in [-0.39, 0.29) is 0 Å². The Morgan fingerprint density at radius 2 is 2.16 bits per heavy atom. The Labute approximate surface area is 117 Å². The van der Waals surface area contributed by atoms with Crippen LogP contribution in [-0.2, 0) is 13.0 Å². The molecular weight excluding hydrogens is 236 g/mol. The maximum absolute atomic E-state index is 4.46. The summed E-state index contributed by atoms with van der Waals surface area (Å²) in [6.45, 7) is 8.79. The highest BCUT2D eigenvalue weighted by Gasteiger charge is 2.28. The first-order chi connectivity index (χ1) is 9.20. The van der Waals surface area contributed by atoms with Crippen LogP contribution in [0.4, 0.5) is 0 Å². The largest absolute Gasteiger partial charge is 0.314 e. The highest BCUT2D eigenvalue weighted by molar-refractivity contribution is 4.92. The summed E-state index contributed by atoms with van der Waals surface area (Å²) in [6, 6.07) is 0.588. The fraction of sp³-hybridized carbons (Fsp3) is 0.867. The van der Waals surface area contributed by atoms with E-state index in [2.05, 4.69) is 40.9 Å². The lowest BCUT2D eigenvalue weighted by Crippen LogP contribution is -2.31. The van der Waals surface area contributed by atoms with E-state index in [1.165, 1.54) is 25.1 Å². The van der Waals surface area contributed by atoms with E-state index < -0.39 is 0 Å². The van der Waals surface area contributed by atoms with Gasteiger partial charge < -0.3 is 5.32 Å². The Morgan fingerprint density at radius 3 is 2.89 bits per heavy atom. The number of hydrogen-bond donors (Lipinski definition) is 1. The number of aryl methyl sites for hydroxylation is 1. The van der Waals surface area contributed by atoms with Crippen LogP contribution in [0, 0.1) is 11.8 Å². The molecule has 0 bridgehead atoms. The zero-order valence-corrected chi connectivity index (χ0v) is 12.6. The van der Waals surface area contributed by atoms with Gasteiger partial charge >= 0.3 is 0 Å². The highest BCUT2D eigenvalue weighted by Crippen LogP contribution is 2.33. The summed E-state index contributed by atoms with van der Waals surface area (Å²) in [4.78, 5) is 4.46. The minimum absolute atomic E-state index is 0.588. The van der Waals surface area contributed by atoms with Crippen molar-refractivity contribution in [2.24, 2.45) is 11.8 Å². The number of nitrogens with zero attached hydrogens (tertiary/aromatic N) is 3. The Kier molecular flexibility index (Phi) is 5.37. The second-order valence-corrected chi connectivity index (χ2v) is 6.12. The van der Waals surface area contributed by atoms with E-state index in [0.717, 1.165) is 37.8 Å². The Balaban J connectivity index is 1.91. The molecule has 2 atom stereocenters. The molecule has 1 saturated carbocycles. The van der Waals surface area contributed by atoms with Crippen LogP contribution in [0.2, 0.25) is 0 Å². The summed E-state index contributed by atoms with van der Waals surface area (Å²) in [5, 5.41) is 7.93. The van der Waals surface area contributed by atoms with Crippen LogP contribution in [0.3, 0.4) is 0 Å². The Bertz CT molecular complexity index is 372. The van der Waals surface area contributed by atoms with Crippen molar-refractivity contribution in [3.8, 4) is 0 Å². The zero-order chi connectivity index (χ0) is 13.7. The molecule has 0 aliphatic heterocycles. The summed E-state index contributed by atoms with van der Waals surface area (Å²) in [5.74, 6) is 2.78. The summed E-state index contributed by atoms with van der Waals surface area (Å²) >= 11 is 0. The number of aromatic nitrogens is 3. The van der Waals surface area contributed by atoms with Crippen molar-refractivity contribution in [3.63, 3.8) is 0 Å². The van der Waals surface area contributed by atoms with Gasteiger partial charge in [-0.25, -0.2) is 4.98 Å². The van der Waals surface area contributed by atoms with E-state index >= 15 is 0 Å². The smallest absolute Gasteiger partial charge is 0.138 e. The minimum atomic E-state index is 0.588. The van der Waals surface area contributed by atoms with E-state index in [1.54, 1.807) is 6.33 Å². The second kappa shape index (κ2) is 7.04. The van der Waals surface area contributed by atoms with E-state index in [1.807, 2.05) is 0 Å². The van der Waals surface area contributed by atoms with Gasteiger partial charge in [0.05, 0.1) is 0 Å². The van der Waals surface area contributed by atoms with Crippen molar-refractivity contribution < 1.29 is 0 Å². The van der Waals surface area contributed by atoms with Gasteiger partial charge in [-0.15, -0.1) is 0 Å². The molecule has 1 aliphatic rings. The molecule has 2 unspecified atom stereocenters. The molecule has 1 aliphatic carbocycles. The van der Waals surface area contributed by atoms with Crippen LogP contribution in [0.15, 0.2) is 6.33 Å². The molecule has 0 amide bonds. The molecule has 0 aromatic carbocycles. The van der Waals surface area contributed by atoms with Crippen molar-refractivity contribution in [1.29, 1.82) is 0 Å². The fourth-order valence-corrected chi connectivity index (χ4v) is 3.12. The van der Waals surface area contributed by atoms with Crippen molar-refractivity contribution in [2.75, 3.05) is 6.54 Å². The second-order valence-electron chi connectivity index (χ2n) is 6.12. The van der Waals surface area contributed by atoms with Crippen molar-refractivity contribution >= 4 is 0 Å². The molecule has 1 aromatic rings. The SMILES string of the molecule is CCCn1ncnc1CC1CCCC1CNC(C)C. The van der Waals surface area contributed by atoms with Gasteiger partial charge in [-0.1, -0.05) is 27.2 Å². The average Bonchev–Trinajstić information content (AvgIpc) is 2.98. The van der Waals surface area contributed by atoms with Crippen LogP contribution in [-0.4, -0.2) is 27.4 Å². The van der Waals surface area contributed by atoms with Gasteiger partial charge in [0.2, 0.25) is 0 Å². The molecule has 1 heterocycles. The van der Waals surface area contributed by atoms with Crippen LogP contribution < -0.4 is 5.32 Å². The quantitative estimate of drug-likeness (QED) is 0.823. The van der Waals surface area contributed by atoms with Crippen molar-refractivity contribution in [3.05, 3.63) is 12.2 Å². The molecule has 0 spiro atoms. The van der Waals surface area contributed by atoms with Gasteiger partial charge in [-0.05, 0) is 37.6 Å². The Morgan fingerprint density at radius 1 is 1.37 bits per heavy atom. The summed E-state index contributed by atoms with van der Waals surface area (Å²) < 4.78 is 2.09. The molecule has 0 radical (unpaired) electrons. The first-order valence-electron chi connectivity index (χ1n) is 7.80. The van der Waals surface area contributed by atoms with Gasteiger partial charge in [0.25, 0.3) is 0 Å². The minimum Gasteiger partial charge on any atom is -0.314 e. The molecule has 4 heteroatoms. The molecule has 2 rings (SSSR count).